The lowest BCUT2D eigenvalue weighted by atomic mass is 10.1. The van der Waals surface area contributed by atoms with Gasteiger partial charge in [-0.05, 0) is 34.1 Å². The van der Waals surface area contributed by atoms with E-state index in [0.717, 1.165) is 0 Å². The summed E-state index contributed by atoms with van der Waals surface area (Å²) < 4.78 is 11.3. The molecule has 1 amide bonds. The number of carbonyl (C=O) groups excluding carboxylic acids is 1. The number of nitrogens with two attached hydrogens (primary N) is 1. The van der Waals surface area contributed by atoms with Gasteiger partial charge in [-0.1, -0.05) is 0 Å². The van der Waals surface area contributed by atoms with Crippen LogP contribution in [-0.4, -0.2) is 54.2 Å². The van der Waals surface area contributed by atoms with Gasteiger partial charge in [0.2, 0.25) is 5.95 Å². The number of carbonyl (C=O) groups is 1. The predicted molar refractivity (Wildman–Crippen MR) is 97.1 cm³/mol. The van der Waals surface area contributed by atoms with Gasteiger partial charge in [-0.2, -0.15) is 4.98 Å². The Bertz CT molecular complexity index is 780. The largest absolute Gasteiger partial charge is 0.495 e. The second kappa shape index (κ2) is 7.66. The fraction of sp³-hybridized carbons (Fsp3) is 0.312. The molecule has 0 unspecified atom stereocenters. The van der Waals surface area contributed by atoms with E-state index in [4.69, 9.17) is 15.2 Å². The van der Waals surface area contributed by atoms with Crippen molar-refractivity contribution >= 4 is 39.3 Å². The van der Waals surface area contributed by atoms with E-state index in [0.29, 0.717) is 59.5 Å². The molecule has 0 spiro atoms. The molecule has 1 aromatic heterocycles. The van der Waals surface area contributed by atoms with E-state index in [1.165, 1.54) is 0 Å². The number of hydrogen-bond acceptors (Lipinski definition) is 7. The predicted octanol–water partition coefficient (Wildman–Crippen LogP) is 2.05. The van der Waals surface area contributed by atoms with Gasteiger partial charge >= 0.3 is 0 Å². The highest BCUT2D eigenvalue weighted by atomic mass is 79.9. The van der Waals surface area contributed by atoms with Crippen LogP contribution in [0.2, 0.25) is 0 Å². The highest BCUT2D eigenvalue weighted by Crippen LogP contribution is 2.29. The molecule has 8 nitrogen and oxygen atoms in total. The molecule has 0 saturated carbocycles. The van der Waals surface area contributed by atoms with Crippen LogP contribution in [0.1, 0.15) is 10.4 Å². The van der Waals surface area contributed by atoms with E-state index < -0.39 is 0 Å². The molecule has 1 aliphatic heterocycles. The molecule has 0 atom stereocenters. The average Bonchev–Trinajstić information content (AvgIpc) is 2.65. The SMILES string of the molecule is COc1cc(C(=O)N2CCOCC2)ccc1Nc1ncc(Br)c(N)n1. The minimum atomic E-state index is -0.0442. The van der Waals surface area contributed by atoms with Crippen molar-refractivity contribution in [2.45, 2.75) is 0 Å². The maximum absolute atomic E-state index is 12.6. The first kappa shape index (κ1) is 17.4. The van der Waals surface area contributed by atoms with Crippen molar-refractivity contribution in [3.8, 4) is 5.75 Å². The summed E-state index contributed by atoms with van der Waals surface area (Å²) in [6, 6.07) is 5.20. The van der Waals surface area contributed by atoms with Gasteiger partial charge in [0, 0.05) is 24.8 Å². The zero-order chi connectivity index (χ0) is 17.8. The molecule has 9 heteroatoms. The fourth-order valence-corrected chi connectivity index (χ4v) is 2.63. The Morgan fingerprint density at radius 3 is 2.84 bits per heavy atom. The lowest BCUT2D eigenvalue weighted by molar-refractivity contribution is 0.0302. The van der Waals surface area contributed by atoms with E-state index in [1.54, 1.807) is 36.4 Å². The maximum atomic E-state index is 12.6. The number of hydrogen-bond donors (Lipinski definition) is 2. The number of amides is 1. The van der Waals surface area contributed by atoms with Gasteiger partial charge in [-0.25, -0.2) is 4.98 Å². The fourth-order valence-electron chi connectivity index (χ4n) is 2.44. The third-order valence-corrected chi connectivity index (χ3v) is 4.38. The van der Waals surface area contributed by atoms with Gasteiger partial charge in [0.25, 0.3) is 5.91 Å². The van der Waals surface area contributed by atoms with Gasteiger partial charge in [0.05, 0.1) is 30.5 Å². The molecule has 0 radical (unpaired) electrons. The van der Waals surface area contributed by atoms with E-state index in [2.05, 4.69) is 31.2 Å². The zero-order valence-corrected chi connectivity index (χ0v) is 15.2. The molecule has 132 valence electrons. The van der Waals surface area contributed by atoms with Crippen LogP contribution in [0.4, 0.5) is 17.5 Å². The zero-order valence-electron chi connectivity index (χ0n) is 13.7. The van der Waals surface area contributed by atoms with Crippen molar-refractivity contribution in [1.29, 1.82) is 0 Å². The molecule has 1 aromatic carbocycles. The van der Waals surface area contributed by atoms with Crippen LogP contribution in [0.25, 0.3) is 0 Å². The highest BCUT2D eigenvalue weighted by Gasteiger charge is 2.20. The minimum absolute atomic E-state index is 0.0442. The molecular formula is C16H18BrN5O3. The number of nitrogens with zero attached hydrogens (tertiary/aromatic N) is 3. The Labute approximate surface area is 153 Å². The summed E-state index contributed by atoms with van der Waals surface area (Å²) in [7, 11) is 1.54. The van der Waals surface area contributed by atoms with Crippen molar-refractivity contribution in [3.05, 3.63) is 34.4 Å². The summed E-state index contributed by atoms with van der Waals surface area (Å²) in [6.07, 6.45) is 1.56. The van der Waals surface area contributed by atoms with Gasteiger partial charge in [-0.15, -0.1) is 0 Å². The summed E-state index contributed by atoms with van der Waals surface area (Å²) in [5.41, 5.74) is 6.96. The van der Waals surface area contributed by atoms with Gasteiger partial charge in [-0.3, -0.25) is 4.79 Å². The second-order valence-corrected chi connectivity index (χ2v) is 6.23. The number of nitrogens with one attached hydrogen (secondary N) is 1. The average molecular weight is 408 g/mol. The molecule has 2 heterocycles. The summed E-state index contributed by atoms with van der Waals surface area (Å²) in [4.78, 5) is 22.6. The summed E-state index contributed by atoms with van der Waals surface area (Å²) in [5, 5.41) is 3.04. The third kappa shape index (κ3) is 3.99. The molecule has 25 heavy (non-hydrogen) atoms. The van der Waals surface area contributed by atoms with Crippen LogP contribution < -0.4 is 15.8 Å². The van der Waals surface area contributed by atoms with E-state index in [1.807, 2.05) is 0 Å². The number of nitrogen functional groups attached to an aromatic ring is 1. The smallest absolute Gasteiger partial charge is 0.254 e. The standard InChI is InChI=1S/C16H18BrN5O3/c1-24-13-8-10(15(23)22-4-6-25-7-5-22)2-3-12(13)20-16-19-9-11(17)14(18)21-16/h2-3,8-9H,4-7H2,1H3,(H3,18,19,20,21). The van der Waals surface area contributed by atoms with Crippen LogP contribution >= 0.6 is 15.9 Å². The Hall–Kier alpha value is -2.39. The normalized spacial score (nSPS) is 14.2. The molecule has 1 saturated heterocycles. The Morgan fingerprint density at radius 1 is 1.40 bits per heavy atom. The molecule has 3 rings (SSSR count). The third-order valence-electron chi connectivity index (χ3n) is 3.76. The first-order chi connectivity index (χ1) is 12.1. The molecule has 2 aromatic rings. The van der Waals surface area contributed by atoms with E-state index >= 15 is 0 Å². The number of aromatic nitrogens is 2. The maximum Gasteiger partial charge on any atom is 0.254 e. The number of benzene rings is 1. The van der Waals surface area contributed by atoms with Crippen molar-refractivity contribution in [2.75, 3.05) is 44.5 Å². The monoisotopic (exact) mass is 407 g/mol. The molecule has 0 bridgehead atoms. The Balaban J connectivity index is 1.81. The van der Waals surface area contributed by atoms with Crippen molar-refractivity contribution in [2.24, 2.45) is 0 Å². The van der Waals surface area contributed by atoms with Gasteiger partial charge in [0.1, 0.15) is 11.6 Å². The number of anilines is 3. The lowest BCUT2D eigenvalue weighted by Gasteiger charge is -2.27. The first-order valence-corrected chi connectivity index (χ1v) is 8.48. The Morgan fingerprint density at radius 2 is 2.16 bits per heavy atom. The van der Waals surface area contributed by atoms with E-state index in [9.17, 15) is 4.79 Å². The second-order valence-electron chi connectivity index (χ2n) is 5.37. The summed E-state index contributed by atoms with van der Waals surface area (Å²) in [6.45, 7) is 2.30. The number of rotatable bonds is 4. The van der Waals surface area contributed by atoms with Gasteiger partial charge < -0.3 is 25.4 Å². The van der Waals surface area contributed by atoms with Crippen LogP contribution in [-0.2, 0) is 4.74 Å². The highest BCUT2D eigenvalue weighted by molar-refractivity contribution is 9.10. The Kier molecular flexibility index (Phi) is 5.34. The van der Waals surface area contributed by atoms with Gasteiger partial charge in [0.15, 0.2) is 0 Å². The topological polar surface area (TPSA) is 103 Å². The van der Waals surface area contributed by atoms with Crippen molar-refractivity contribution < 1.29 is 14.3 Å². The molecular weight excluding hydrogens is 390 g/mol. The molecule has 1 aliphatic rings. The lowest BCUT2D eigenvalue weighted by Crippen LogP contribution is -2.40. The summed E-state index contributed by atoms with van der Waals surface area (Å²) >= 11 is 3.25. The number of methoxy groups -OCH3 is 1. The molecule has 0 aliphatic carbocycles. The van der Waals surface area contributed by atoms with Crippen LogP contribution in [0.5, 0.6) is 5.75 Å². The van der Waals surface area contributed by atoms with Crippen LogP contribution in [0.15, 0.2) is 28.9 Å². The van der Waals surface area contributed by atoms with Crippen molar-refractivity contribution in [1.82, 2.24) is 14.9 Å². The molecule has 3 N–H and O–H groups in total. The number of morpholine rings is 1. The first-order valence-electron chi connectivity index (χ1n) is 7.68. The van der Waals surface area contributed by atoms with Crippen molar-refractivity contribution in [3.63, 3.8) is 0 Å². The van der Waals surface area contributed by atoms with Crippen LogP contribution in [0, 0.1) is 0 Å². The number of halogens is 1. The molecule has 1 fully saturated rings. The van der Waals surface area contributed by atoms with Crippen LogP contribution in [0.3, 0.4) is 0 Å². The van der Waals surface area contributed by atoms with E-state index in [-0.39, 0.29) is 5.91 Å². The summed E-state index contributed by atoms with van der Waals surface area (Å²) in [5.74, 6) is 1.14. The number of ether oxygens (including phenoxy) is 2. The quantitative estimate of drug-likeness (QED) is 0.798. The minimum Gasteiger partial charge on any atom is -0.495 e.